The van der Waals surface area contributed by atoms with Crippen LogP contribution in [0.3, 0.4) is 0 Å². The molecule has 0 spiro atoms. The molecule has 0 unspecified atom stereocenters. The van der Waals surface area contributed by atoms with E-state index >= 15 is 0 Å². The lowest BCUT2D eigenvalue weighted by Gasteiger charge is -2.05. The van der Waals surface area contributed by atoms with E-state index in [9.17, 15) is 0 Å². The van der Waals surface area contributed by atoms with E-state index in [0.29, 0.717) is 9.79 Å². The Balaban J connectivity index is 2.34. The van der Waals surface area contributed by atoms with E-state index < -0.39 is 0 Å². The second-order valence-corrected chi connectivity index (χ2v) is 5.39. The van der Waals surface area contributed by atoms with E-state index in [0.717, 1.165) is 21.3 Å². The first-order chi connectivity index (χ1) is 8.66. The summed E-state index contributed by atoms with van der Waals surface area (Å²) in [5, 5.41) is 0.639. The van der Waals surface area contributed by atoms with Crippen molar-refractivity contribution in [2.45, 2.75) is 0 Å². The highest BCUT2D eigenvalue weighted by Gasteiger charge is 2.08. The van der Waals surface area contributed by atoms with E-state index in [1.54, 1.807) is 6.20 Å². The summed E-state index contributed by atoms with van der Waals surface area (Å²) in [5.41, 5.74) is 2.58. The summed E-state index contributed by atoms with van der Waals surface area (Å²) in [6, 6.07) is 9.49. The van der Waals surface area contributed by atoms with Crippen molar-refractivity contribution in [1.29, 1.82) is 0 Å². The number of halogens is 2. The van der Waals surface area contributed by atoms with Gasteiger partial charge in [-0.15, -0.1) is 0 Å². The van der Waals surface area contributed by atoms with Gasteiger partial charge in [0.2, 0.25) is 0 Å². The van der Waals surface area contributed by atoms with Crippen LogP contribution >= 0.6 is 39.7 Å². The van der Waals surface area contributed by atoms with E-state index in [1.165, 1.54) is 0 Å². The lowest BCUT2D eigenvalue weighted by atomic mass is 10.3. The quantitative estimate of drug-likeness (QED) is 0.662. The van der Waals surface area contributed by atoms with E-state index in [-0.39, 0.29) is 0 Å². The first-order valence-corrected chi connectivity index (χ1v) is 6.76. The van der Waals surface area contributed by atoms with Gasteiger partial charge in [0.25, 0.3) is 0 Å². The predicted octanol–water partition coefficient (Wildman–Crippen LogP) is 4.50. The Bertz CT molecular complexity index is 793. The fourth-order valence-corrected chi connectivity index (χ4v) is 2.53. The molecule has 0 bridgehead atoms. The third-order valence-corrected chi connectivity index (χ3v) is 4.12. The highest BCUT2D eigenvalue weighted by atomic mass is 79.9. The van der Waals surface area contributed by atoms with Gasteiger partial charge in [0.1, 0.15) is 0 Å². The molecule has 6 heteroatoms. The molecule has 0 amide bonds. The number of pyridine rings is 1. The molecule has 2 heterocycles. The molecule has 0 saturated carbocycles. The van der Waals surface area contributed by atoms with Crippen LogP contribution in [0.1, 0.15) is 0 Å². The fraction of sp³-hybridized carbons (Fsp3) is 0. The third-order valence-electron chi connectivity index (χ3n) is 2.60. The van der Waals surface area contributed by atoms with Crippen molar-refractivity contribution in [3.63, 3.8) is 0 Å². The van der Waals surface area contributed by atoms with E-state index in [1.807, 2.05) is 34.9 Å². The molecule has 3 rings (SSSR count). The van der Waals surface area contributed by atoms with Crippen LogP contribution in [0.4, 0.5) is 0 Å². The molecule has 1 aromatic carbocycles. The molecule has 0 atom stereocenters. The predicted molar refractivity (Wildman–Crippen MR) is 79.0 cm³/mol. The number of nitrogens with zero attached hydrogens (tertiary/aromatic N) is 2. The van der Waals surface area contributed by atoms with Crippen LogP contribution in [0.25, 0.3) is 16.9 Å². The Hall–Kier alpha value is -1.17. The van der Waals surface area contributed by atoms with Crippen LogP contribution in [0.2, 0.25) is 5.02 Å². The molecular weight excluding hydrogens is 334 g/mol. The number of fused-ring (bicyclic) bond motifs is 1. The van der Waals surface area contributed by atoms with Crippen molar-refractivity contribution >= 4 is 50.9 Å². The van der Waals surface area contributed by atoms with Gasteiger partial charge >= 0.3 is 0 Å². The van der Waals surface area contributed by atoms with Crippen LogP contribution in [0.5, 0.6) is 0 Å². The standard InChI is InChI=1S/C12H7BrClN3S/c13-8-4-3-7(6-9(8)14)17-11-10(16-12(17)18)2-1-5-15-11/h1-6H,(H,16,18). The maximum Gasteiger partial charge on any atom is 0.183 e. The number of nitrogens with one attached hydrogen (secondary N) is 1. The molecule has 0 radical (unpaired) electrons. The maximum atomic E-state index is 6.11. The summed E-state index contributed by atoms with van der Waals surface area (Å²) in [7, 11) is 0. The number of aromatic amines is 1. The summed E-state index contributed by atoms with van der Waals surface area (Å²) in [5.74, 6) is 0. The average molecular weight is 341 g/mol. The first-order valence-electron chi connectivity index (χ1n) is 5.18. The first kappa shape index (κ1) is 11.9. The zero-order chi connectivity index (χ0) is 12.7. The van der Waals surface area contributed by atoms with E-state index in [4.69, 9.17) is 23.8 Å². The number of hydrogen-bond donors (Lipinski definition) is 1. The van der Waals surface area contributed by atoms with Gasteiger partial charge in [-0.3, -0.25) is 4.57 Å². The SMILES string of the molecule is S=c1[nH]c2cccnc2n1-c1ccc(Br)c(Cl)c1. The second kappa shape index (κ2) is 4.50. The molecule has 0 saturated heterocycles. The smallest absolute Gasteiger partial charge is 0.183 e. The lowest BCUT2D eigenvalue weighted by molar-refractivity contribution is 1.04. The molecule has 3 aromatic rings. The van der Waals surface area contributed by atoms with Crippen LogP contribution < -0.4 is 0 Å². The molecule has 18 heavy (non-hydrogen) atoms. The van der Waals surface area contributed by atoms with Crippen molar-refractivity contribution in [2.24, 2.45) is 0 Å². The van der Waals surface area contributed by atoms with Crippen molar-refractivity contribution in [1.82, 2.24) is 14.5 Å². The van der Waals surface area contributed by atoms with Gasteiger partial charge in [0.15, 0.2) is 10.4 Å². The lowest BCUT2D eigenvalue weighted by Crippen LogP contribution is -1.95. The molecule has 0 aliphatic rings. The van der Waals surface area contributed by atoms with Crippen LogP contribution in [0, 0.1) is 4.77 Å². The number of aromatic nitrogens is 3. The summed E-state index contributed by atoms with van der Waals surface area (Å²) >= 11 is 14.8. The zero-order valence-corrected chi connectivity index (χ0v) is 12.2. The number of benzene rings is 1. The van der Waals surface area contributed by atoms with Gasteiger partial charge in [0, 0.05) is 10.7 Å². The van der Waals surface area contributed by atoms with Crippen molar-refractivity contribution in [2.75, 3.05) is 0 Å². The molecule has 90 valence electrons. The van der Waals surface area contributed by atoms with Crippen LogP contribution in [-0.2, 0) is 0 Å². The second-order valence-electron chi connectivity index (χ2n) is 3.74. The van der Waals surface area contributed by atoms with Gasteiger partial charge in [-0.1, -0.05) is 11.6 Å². The molecule has 0 fully saturated rings. The molecule has 2 aromatic heterocycles. The minimum atomic E-state index is 0.599. The molecule has 0 aliphatic heterocycles. The average Bonchev–Trinajstić information content (AvgIpc) is 2.69. The van der Waals surface area contributed by atoms with Crippen molar-refractivity contribution < 1.29 is 0 Å². The summed E-state index contributed by atoms with van der Waals surface area (Å²) in [6.45, 7) is 0. The normalized spacial score (nSPS) is 11.0. The van der Waals surface area contributed by atoms with Crippen molar-refractivity contribution in [3.05, 3.63) is 50.8 Å². The summed E-state index contributed by atoms with van der Waals surface area (Å²) < 4.78 is 3.32. The largest absolute Gasteiger partial charge is 0.329 e. The van der Waals surface area contributed by atoms with Gasteiger partial charge in [-0.05, 0) is 58.5 Å². The number of imidazole rings is 1. The molecule has 0 aliphatic carbocycles. The number of rotatable bonds is 1. The van der Waals surface area contributed by atoms with Crippen LogP contribution in [-0.4, -0.2) is 14.5 Å². The Labute approximate surface area is 122 Å². The van der Waals surface area contributed by atoms with Gasteiger partial charge in [-0.2, -0.15) is 0 Å². The minimum Gasteiger partial charge on any atom is -0.329 e. The number of H-pyrrole nitrogens is 1. The molecule has 1 N–H and O–H groups in total. The van der Waals surface area contributed by atoms with Gasteiger partial charge < -0.3 is 4.98 Å². The summed E-state index contributed by atoms with van der Waals surface area (Å²) in [6.07, 6.45) is 1.74. The maximum absolute atomic E-state index is 6.11. The highest BCUT2D eigenvalue weighted by Crippen LogP contribution is 2.26. The number of hydrogen-bond acceptors (Lipinski definition) is 2. The zero-order valence-electron chi connectivity index (χ0n) is 9.02. The topological polar surface area (TPSA) is 33.6 Å². The van der Waals surface area contributed by atoms with Gasteiger partial charge in [-0.25, -0.2) is 4.98 Å². The van der Waals surface area contributed by atoms with Crippen LogP contribution in [0.15, 0.2) is 41.0 Å². The Morgan fingerprint density at radius 2 is 2.17 bits per heavy atom. The van der Waals surface area contributed by atoms with Gasteiger partial charge in [0.05, 0.1) is 16.2 Å². The Morgan fingerprint density at radius 1 is 1.33 bits per heavy atom. The Kier molecular flexibility index (Phi) is 2.97. The fourth-order valence-electron chi connectivity index (χ4n) is 1.80. The molecular formula is C12H7BrClN3S. The highest BCUT2D eigenvalue weighted by molar-refractivity contribution is 9.10. The monoisotopic (exact) mass is 339 g/mol. The Morgan fingerprint density at radius 3 is 2.94 bits per heavy atom. The third kappa shape index (κ3) is 1.88. The minimum absolute atomic E-state index is 0.599. The summed E-state index contributed by atoms with van der Waals surface area (Å²) in [4.78, 5) is 7.46. The van der Waals surface area contributed by atoms with E-state index in [2.05, 4.69) is 25.9 Å². The molecule has 3 nitrogen and oxygen atoms in total. The van der Waals surface area contributed by atoms with Crippen molar-refractivity contribution in [3.8, 4) is 5.69 Å².